The average molecular weight is 227 g/mol. The number of nitrogens with one attached hydrogen (secondary N) is 1. The summed E-state index contributed by atoms with van der Waals surface area (Å²) in [5.74, 6) is 6.42. The van der Waals surface area contributed by atoms with Crippen LogP contribution < -0.4 is 11.3 Å². The Labute approximate surface area is 98.5 Å². The summed E-state index contributed by atoms with van der Waals surface area (Å²) in [7, 11) is 0. The first kappa shape index (κ1) is 12.3. The molecule has 2 unspecified atom stereocenters. The van der Waals surface area contributed by atoms with Crippen LogP contribution in [0, 0.1) is 5.92 Å². The van der Waals surface area contributed by atoms with E-state index in [0.717, 1.165) is 25.6 Å². The number of hydrogen-bond donors (Lipinski definition) is 2. The molecule has 2 fully saturated rings. The molecule has 0 aromatic carbocycles. The second kappa shape index (κ2) is 5.96. The highest BCUT2D eigenvalue weighted by Crippen LogP contribution is 2.32. The minimum Gasteiger partial charge on any atom is -0.374 e. The van der Waals surface area contributed by atoms with Gasteiger partial charge in [0.15, 0.2) is 0 Å². The third-order valence-corrected chi connectivity index (χ3v) is 3.97. The van der Waals surface area contributed by atoms with Gasteiger partial charge in [0.1, 0.15) is 0 Å². The lowest BCUT2D eigenvalue weighted by Gasteiger charge is -2.42. The molecule has 1 saturated carbocycles. The van der Waals surface area contributed by atoms with E-state index >= 15 is 0 Å². The van der Waals surface area contributed by atoms with Gasteiger partial charge in [-0.3, -0.25) is 16.2 Å². The highest BCUT2D eigenvalue weighted by Gasteiger charge is 2.35. The number of ether oxygens (including phenoxy) is 1. The van der Waals surface area contributed by atoms with Crippen molar-refractivity contribution in [2.24, 2.45) is 11.8 Å². The second-order valence-electron chi connectivity index (χ2n) is 5.09. The quantitative estimate of drug-likeness (QED) is 0.537. The fraction of sp³-hybridized carbons (Fsp3) is 1.00. The minimum atomic E-state index is 0.288. The Kier molecular flexibility index (Phi) is 4.58. The number of nitrogens with two attached hydrogens (primary N) is 1. The summed E-state index contributed by atoms with van der Waals surface area (Å²) in [6.07, 6.45) is 5.48. The summed E-state index contributed by atoms with van der Waals surface area (Å²) >= 11 is 0. The highest BCUT2D eigenvalue weighted by molar-refractivity contribution is 4.90. The molecular formula is C12H25N3O. The number of hydrogen-bond acceptors (Lipinski definition) is 4. The minimum absolute atomic E-state index is 0.288. The number of rotatable bonds is 5. The van der Waals surface area contributed by atoms with Crippen molar-refractivity contribution < 1.29 is 4.74 Å². The molecule has 4 heteroatoms. The van der Waals surface area contributed by atoms with Gasteiger partial charge in [0, 0.05) is 13.1 Å². The maximum atomic E-state index is 5.88. The molecule has 4 nitrogen and oxygen atoms in total. The van der Waals surface area contributed by atoms with E-state index in [1.165, 1.54) is 32.2 Å². The summed E-state index contributed by atoms with van der Waals surface area (Å²) in [6.45, 7) is 6.39. The molecule has 3 N–H and O–H groups in total. The summed E-state index contributed by atoms with van der Waals surface area (Å²) < 4.78 is 5.88. The average Bonchev–Trinajstić information content (AvgIpc) is 2.24. The number of hydrazine groups is 1. The molecule has 2 atom stereocenters. The Hall–Kier alpha value is -0.160. The van der Waals surface area contributed by atoms with Gasteiger partial charge in [-0.2, -0.15) is 0 Å². The Bertz CT molecular complexity index is 206. The third-order valence-electron chi connectivity index (χ3n) is 3.97. The molecule has 0 bridgehead atoms. The normalized spacial score (nSPS) is 30.0. The van der Waals surface area contributed by atoms with Crippen molar-refractivity contribution in [3.8, 4) is 0 Å². The van der Waals surface area contributed by atoms with E-state index in [1.807, 2.05) is 0 Å². The van der Waals surface area contributed by atoms with Gasteiger partial charge in [0.05, 0.1) is 18.8 Å². The maximum Gasteiger partial charge on any atom is 0.0871 e. The second-order valence-corrected chi connectivity index (χ2v) is 5.09. The lowest BCUT2D eigenvalue weighted by atomic mass is 9.77. The van der Waals surface area contributed by atoms with Gasteiger partial charge in [0.2, 0.25) is 0 Å². The van der Waals surface area contributed by atoms with Gasteiger partial charge in [0.25, 0.3) is 0 Å². The molecule has 0 aromatic heterocycles. The maximum absolute atomic E-state index is 5.88. The van der Waals surface area contributed by atoms with Gasteiger partial charge in [-0.15, -0.1) is 0 Å². The van der Waals surface area contributed by atoms with Gasteiger partial charge in [-0.05, 0) is 31.7 Å². The molecule has 1 saturated heterocycles. The summed E-state index contributed by atoms with van der Waals surface area (Å²) in [5.41, 5.74) is 2.98. The highest BCUT2D eigenvalue weighted by atomic mass is 16.5. The molecule has 16 heavy (non-hydrogen) atoms. The van der Waals surface area contributed by atoms with Crippen LogP contribution in [0.25, 0.3) is 0 Å². The molecule has 0 spiro atoms. The van der Waals surface area contributed by atoms with E-state index in [0.29, 0.717) is 6.04 Å². The molecule has 2 rings (SSSR count). The topological polar surface area (TPSA) is 50.5 Å². The van der Waals surface area contributed by atoms with Crippen LogP contribution >= 0.6 is 0 Å². The summed E-state index contributed by atoms with van der Waals surface area (Å²) in [6, 6.07) is 0.355. The lowest BCUT2D eigenvalue weighted by molar-refractivity contribution is -0.0633. The van der Waals surface area contributed by atoms with Crippen LogP contribution in [-0.2, 0) is 4.74 Å². The van der Waals surface area contributed by atoms with Crippen molar-refractivity contribution in [2.45, 2.75) is 44.8 Å². The van der Waals surface area contributed by atoms with Crippen LogP contribution in [0.15, 0.2) is 0 Å². The van der Waals surface area contributed by atoms with Crippen molar-refractivity contribution in [1.82, 2.24) is 10.3 Å². The first-order chi connectivity index (χ1) is 7.85. The third kappa shape index (κ3) is 2.74. The number of morpholine rings is 1. The van der Waals surface area contributed by atoms with Crippen LogP contribution in [0.2, 0.25) is 0 Å². The zero-order chi connectivity index (χ0) is 11.4. The van der Waals surface area contributed by atoms with E-state index in [1.54, 1.807) is 0 Å². The Morgan fingerprint density at radius 1 is 1.50 bits per heavy atom. The largest absolute Gasteiger partial charge is 0.374 e. The van der Waals surface area contributed by atoms with Crippen molar-refractivity contribution >= 4 is 0 Å². The molecule has 2 aliphatic rings. The van der Waals surface area contributed by atoms with E-state index < -0.39 is 0 Å². The summed E-state index contributed by atoms with van der Waals surface area (Å²) in [4.78, 5) is 2.50. The fourth-order valence-corrected chi connectivity index (χ4v) is 2.81. The zero-order valence-corrected chi connectivity index (χ0v) is 10.3. The van der Waals surface area contributed by atoms with Crippen molar-refractivity contribution in [3.05, 3.63) is 0 Å². The van der Waals surface area contributed by atoms with E-state index in [2.05, 4.69) is 17.2 Å². The Morgan fingerprint density at radius 2 is 2.31 bits per heavy atom. The summed E-state index contributed by atoms with van der Waals surface area (Å²) in [5, 5.41) is 0. The van der Waals surface area contributed by atoms with Crippen LogP contribution in [0.5, 0.6) is 0 Å². The molecule has 0 amide bonds. The molecule has 1 heterocycles. The number of nitrogens with zero attached hydrogens (tertiary/aromatic N) is 1. The first-order valence-electron chi connectivity index (χ1n) is 6.65. The Balaban J connectivity index is 1.85. The first-order valence-corrected chi connectivity index (χ1v) is 6.65. The fourth-order valence-electron chi connectivity index (χ4n) is 2.81. The molecule has 1 aliphatic heterocycles. The smallest absolute Gasteiger partial charge is 0.0871 e. The predicted octanol–water partition coefficient (Wildman–Crippen LogP) is 0.729. The van der Waals surface area contributed by atoms with Gasteiger partial charge < -0.3 is 4.74 Å². The van der Waals surface area contributed by atoms with Crippen LogP contribution in [-0.4, -0.2) is 43.3 Å². The molecule has 0 radical (unpaired) electrons. The monoisotopic (exact) mass is 227 g/mol. The van der Waals surface area contributed by atoms with Crippen molar-refractivity contribution in [2.75, 3.05) is 26.2 Å². The van der Waals surface area contributed by atoms with E-state index in [9.17, 15) is 0 Å². The van der Waals surface area contributed by atoms with Gasteiger partial charge >= 0.3 is 0 Å². The van der Waals surface area contributed by atoms with E-state index in [-0.39, 0.29) is 6.10 Å². The van der Waals surface area contributed by atoms with Crippen LogP contribution in [0.1, 0.15) is 32.6 Å². The predicted molar refractivity (Wildman–Crippen MR) is 64.9 cm³/mol. The SMILES string of the molecule is CCCN1CCOC(C(NN)C2CCC2)C1. The van der Waals surface area contributed by atoms with Crippen molar-refractivity contribution in [1.29, 1.82) is 0 Å². The lowest BCUT2D eigenvalue weighted by Crippen LogP contribution is -2.57. The van der Waals surface area contributed by atoms with E-state index in [4.69, 9.17) is 10.6 Å². The molecule has 94 valence electrons. The van der Waals surface area contributed by atoms with Crippen LogP contribution in [0.4, 0.5) is 0 Å². The molecule has 1 aliphatic carbocycles. The molecular weight excluding hydrogens is 202 g/mol. The van der Waals surface area contributed by atoms with Gasteiger partial charge in [-0.25, -0.2) is 0 Å². The van der Waals surface area contributed by atoms with Crippen LogP contribution in [0.3, 0.4) is 0 Å². The standard InChI is InChI=1S/C12H25N3O/c1-2-6-15-7-8-16-11(9-15)12(14-13)10-4-3-5-10/h10-12,14H,2-9,13H2,1H3. The zero-order valence-electron chi connectivity index (χ0n) is 10.3. The molecule has 0 aromatic rings. The Morgan fingerprint density at radius 3 is 2.88 bits per heavy atom. The van der Waals surface area contributed by atoms with Gasteiger partial charge in [-0.1, -0.05) is 13.3 Å². The van der Waals surface area contributed by atoms with Crippen molar-refractivity contribution in [3.63, 3.8) is 0 Å².